The first kappa shape index (κ1) is 30.2. The molecule has 2 aliphatic rings. The van der Waals surface area contributed by atoms with Crippen LogP contribution in [-0.2, 0) is 35.0 Å². The Morgan fingerprint density at radius 1 is 1.15 bits per heavy atom. The first-order valence-electron chi connectivity index (χ1n) is 13.2. The molecule has 2 fully saturated rings. The molecule has 2 saturated heterocycles. The van der Waals surface area contributed by atoms with Gasteiger partial charge < -0.3 is 14.4 Å². The molecular formula is C28H36Cl2N2O6S. The molecule has 214 valence electrons. The van der Waals surface area contributed by atoms with Crippen molar-refractivity contribution < 1.29 is 26.9 Å². The summed E-state index contributed by atoms with van der Waals surface area (Å²) in [6.45, 7) is 1.77. The highest BCUT2D eigenvalue weighted by atomic mass is 35.5. The van der Waals surface area contributed by atoms with Gasteiger partial charge in [0, 0.05) is 32.8 Å². The molecule has 0 radical (unpaired) electrons. The third kappa shape index (κ3) is 8.88. The third-order valence-corrected chi connectivity index (χ3v) is 8.54. The number of likely N-dealkylation sites (tertiary alicyclic amines) is 1. The summed E-state index contributed by atoms with van der Waals surface area (Å²) in [4.78, 5) is 17.4. The van der Waals surface area contributed by atoms with E-state index in [1.54, 1.807) is 30.1 Å². The van der Waals surface area contributed by atoms with E-state index in [0.29, 0.717) is 36.2 Å². The summed E-state index contributed by atoms with van der Waals surface area (Å²) in [5.41, 5.74) is 1.75. The van der Waals surface area contributed by atoms with E-state index in [0.717, 1.165) is 36.6 Å². The summed E-state index contributed by atoms with van der Waals surface area (Å²) in [6, 6.07) is 14.5. The minimum Gasteiger partial charge on any atom is -0.353 e. The van der Waals surface area contributed by atoms with Crippen LogP contribution in [0.15, 0.2) is 48.5 Å². The van der Waals surface area contributed by atoms with Gasteiger partial charge in [0.1, 0.15) is 0 Å². The minimum absolute atomic E-state index is 0.0205. The van der Waals surface area contributed by atoms with Crippen LogP contribution in [0.5, 0.6) is 0 Å². The van der Waals surface area contributed by atoms with E-state index in [4.69, 9.17) is 36.9 Å². The lowest BCUT2D eigenvalue weighted by Crippen LogP contribution is -2.43. The SMILES string of the molecule is CN(C(=O)Cc1ccc(Cl)c(Cl)c1)[C@H](CN1C[C@H](OC2CCCCO2)C[C@H]1COS(C)(=O)=O)c1ccccc1. The van der Waals surface area contributed by atoms with E-state index in [1.807, 2.05) is 30.3 Å². The molecule has 4 rings (SSSR count). The first-order chi connectivity index (χ1) is 18.6. The number of rotatable bonds is 11. The number of halogens is 2. The Hall–Kier alpha value is -1.72. The number of amides is 1. The van der Waals surface area contributed by atoms with E-state index < -0.39 is 10.1 Å². The number of ether oxygens (including phenoxy) is 2. The Morgan fingerprint density at radius 3 is 2.59 bits per heavy atom. The van der Waals surface area contributed by atoms with Crippen molar-refractivity contribution in [3.05, 3.63) is 69.7 Å². The van der Waals surface area contributed by atoms with Crippen molar-refractivity contribution in [2.45, 2.75) is 56.6 Å². The van der Waals surface area contributed by atoms with Crippen LogP contribution in [0, 0.1) is 0 Å². The highest BCUT2D eigenvalue weighted by molar-refractivity contribution is 7.85. The van der Waals surface area contributed by atoms with Crippen molar-refractivity contribution in [1.29, 1.82) is 0 Å². The van der Waals surface area contributed by atoms with Crippen molar-refractivity contribution in [3.63, 3.8) is 0 Å². The van der Waals surface area contributed by atoms with E-state index in [1.165, 1.54) is 0 Å². The lowest BCUT2D eigenvalue weighted by atomic mass is 10.0. The van der Waals surface area contributed by atoms with Crippen LogP contribution in [0.2, 0.25) is 10.0 Å². The van der Waals surface area contributed by atoms with Gasteiger partial charge in [-0.25, -0.2) is 0 Å². The van der Waals surface area contributed by atoms with Crippen molar-refractivity contribution in [1.82, 2.24) is 9.80 Å². The van der Waals surface area contributed by atoms with Crippen LogP contribution in [0.3, 0.4) is 0 Å². The van der Waals surface area contributed by atoms with Gasteiger partial charge in [-0.1, -0.05) is 59.6 Å². The molecule has 2 aliphatic heterocycles. The van der Waals surface area contributed by atoms with Gasteiger partial charge in [0.05, 0.1) is 41.5 Å². The summed E-state index contributed by atoms with van der Waals surface area (Å²) in [7, 11) is -1.82. The fourth-order valence-electron chi connectivity index (χ4n) is 5.14. The van der Waals surface area contributed by atoms with E-state index >= 15 is 0 Å². The first-order valence-corrected chi connectivity index (χ1v) is 15.8. The summed E-state index contributed by atoms with van der Waals surface area (Å²) in [5.74, 6) is -0.0752. The zero-order chi connectivity index (χ0) is 28.0. The molecule has 8 nitrogen and oxygen atoms in total. The molecule has 2 heterocycles. The molecule has 0 aliphatic carbocycles. The summed E-state index contributed by atoms with van der Waals surface area (Å²) in [6.07, 6.45) is 4.39. The number of nitrogens with zero attached hydrogens (tertiary/aromatic N) is 2. The maximum absolute atomic E-state index is 13.4. The minimum atomic E-state index is -3.61. The molecule has 0 bridgehead atoms. The quantitative estimate of drug-likeness (QED) is 0.347. The Balaban J connectivity index is 1.52. The van der Waals surface area contributed by atoms with Crippen molar-refractivity contribution >= 4 is 39.2 Å². The zero-order valence-electron chi connectivity index (χ0n) is 22.3. The Bertz CT molecular complexity index is 1210. The lowest BCUT2D eigenvalue weighted by Gasteiger charge is -2.34. The zero-order valence-corrected chi connectivity index (χ0v) is 24.6. The second kappa shape index (κ2) is 13.8. The summed E-state index contributed by atoms with van der Waals surface area (Å²) >= 11 is 12.2. The summed E-state index contributed by atoms with van der Waals surface area (Å²) in [5, 5.41) is 0.846. The van der Waals surface area contributed by atoms with Gasteiger partial charge in [-0.2, -0.15) is 8.42 Å². The Kier molecular flexibility index (Phi) is 10.7. The second-order valence-corrected chi connectivity index (χ2v) is 12.7. The number of carbonyl (C=O) groups excluding carboxylic acids is 1. The number of hydrogen-bond acceptors (Lipinski definition) is 7. The number of carbonyl (C=O) groups is 1. The van der Waals surface area contributed by atoms with E-state index in [-0.39, 0.29) is 43.4 Å². The van der Waals surface area contributed by atoms with Crippen LogP contribution in [0.1, 0.15) is 42.9 Å². The van der Waals surface area contributed by atoms with Gasteiger partial charge in [-0.05, 0) is 48.9 Å². The van der Waals surface area contributed by atoms with Crippen LogP contribution < -0.4 is 0 Å². The number of hydrogen-bond donors (Lipinski definition) is 0. The average molecular weight is 600 g/mol. The van der Waals surface area contributed by atoms with E-state index in [2.05, 4.69) is 4.90 Å². The largest absolute Gasteiger partial charge is 0.353 e. The molecule has 0 saturated carbocycles. The lowest BCUT2D eigenvalue weighted by molar-refractivity contribution is -0.185. The Morgan fingerprint density at radius 2 is 1.92 bits per heavy atom. The molecule has 1 amide bonds. The van der Waals surface area contributed by atoms with Crippen LogP contribution in [0.4, 0.5) is 0 Å². The van der Waals surface area contributed by atoms with Gasteiger partial charge in [0.2, 0.25) is 5.91 Å². The molecule has 11 heteroatoms. The predicted molar refractivity (Wildman–Crippen MR) is 151 cm³/mol. The second-order valence-electron chi connectivity index (χ2n) is 10.2. The molecular weight excluding hydrogens is 563 g/mol. The highest BCUT2D eigenvalue weighted by Gasteiger charge is 2.38. The number of likely N-dealkylation sites (N-methyl/N-ethyl adjacent to an activating group) is 1. The normalized spacial score (nSPS) is 23.0. The van der Waals surface area contributed by atoms with Crippen molar-refractivity contribution in [2.75, 3.05) is 39.6 Å². The van der Waals surface area contributed by atoms with Crippen LogP contribution in [-0.4, -0.2) is 82.2 Å². The van der Waals surface area contributed by atoms with Gasteiger partial charge >= 0.3 is 0 Å². The van der Waals surface area contributed by atoms with Gasteiger partial charge in [0.15, 0.2) is 6.29 Å². The molecule has 1 unspecified atom stereocenters. The smallest absolute Gasteiger partial charge is 0.264 e. The topological polar surface area (TPSA) is 85.4 Å². The van der Waals surface area contributed by atoms with Crippen molar-refractivity contribution in [2.24, 2.45) is 0 Å². The fourth-order valence-corrected chi connectivity index (χ4v) is 5.87. The Labute approximate surface area is 241 Å². The van der Waals surface area contributed by atoms with Gasteiger partial charge in [-0.15, -0.1) is 0 Å². The molecule has 2 aromatic rings. The van der Waals surface area contributed by atoms with E-state index in [9.17, 15) is 13.2 Å². The average Bonchev–Trinajstić information content (AvgIpc) is 3.29. The van der Waals surface area contributed by atoms with Gasteiger partial charge in [0.25, 0.3) is 10.1 Å². The fraction of sp³-hybridized carbons (Fsp3) is 0.536. The molecule has 4 atom stereocenters. The van der Waals surface area contributed by atoms with Crippen LogP contribution in [0.25, 0.3) is 0 Å². The summed E-state index contributed by atoms with van der Waals surface area (Å²) < 4.78 is 40.8. The molecule has 0 spiro atoms. The van der Waals surface area contributed by atoms with Gasteiger partial charge in [-0.3, -0.25) is 13.9 Å². The molecule has 0 N–H and O–H groups in total. The third-order valence-electron chi connectivity index (χ3n) is 7.24. The maximum atomic E-state index is 13.4. The van der Waals surface area contributed by atoms with Crippen molar-refractivity contribution in [3.8, 4) is 0 Å². The standard InChI is InChI=1S/C28H36Cl2N2O6S/c1-31(27(33)15-20-11-12-24(29)25(30)14-20)26(21-8-4-3-5-9-21)18-32-17-23(38-28-10-6-7-13-36-28)16-22(32)19-37-39(2,34)35/h3-5,8-9,11-12,14,22-23,26,28H,6-7,10,13,15-19H2,1-2H3/t22-,23+,26+,28?/m0/s1. The number of benzene rings is 2. The van der Waals surface area contributed by atoms with Crippen LogP contribution >= 0.6 is 23.2 Å². The molecule has 0 aromatic heterocycles. The monoisotopic (exact) mass is 598 g/mol. The molecule has 39 heavy (non-hydrogen) atoms. The highest BCUT2D eigenvalue weighted by Crippen LogP contribution is 2.30. The predicted octanol–water partition coefficient (Wildman–Crippen LogP) is 4.70. The maximum Gasteiger partial charge on any atom is 0.264 e. The molecule has 2 aromatic carbocycles.